The van der Waals surface area contributed by atoms with E-state index in [2.05, 4.69) is 10.8 Å². The minimum absolute atomic E-state index is 0.0828. The van der Waals surface area contributed by atoms with Gasteiger partial charge in [0, 0.05) is 7.11 Å². The Morgan fingerprint density at radius 2 is 2.17 bits per heavy atom. The Morgan fingerprint density at radius 1 is 1.50 bits per heavy atom. The van der Waals surface area contributed by atoms with Crippen molar-refractivity contribution < 1.29 is 13.9 Å². The summed E-state index contributed by atoms with van der Waals surface area (Å²) in [7, 11) is 1.30. The molecule has 0 bridgehead atoms. The van der Waals surface area contributed by atoms with Gasteiger partial charge in [0.25, 0.3) is 0 Å². The van der Waals surface area contributed by atoms with Crippen LogP contribution in [0.3, 0.4) is 0 Å². The lowest BCUT2D eigenvalue weighted by atomic mass is 10.3. The van der Waals surface area contributed by atoms with Crippen LogP contribution in [-0.4, -0.2) is 20.1 Å². The number of rotatable bonds is 4. The lowest BCUT2D eigenvalue weighted by Gasteiger charge is -2.07. The van der Waals surface area contributed by atoms with Gasteiger partial charge in [-0.05, 0) is 18.2 Å². The average Bonchev–Trinajstić information content (AvgIpc) is 2.16. The first-order valence-corrected chi connectivity index (χ1v) is 3.58. The molecule has 0 aromatic heterocycles. The highest BCUT2D eigenvalue weighted by molar-refractivity contribution is 5.20. The number of hydrogen-bond acceptors (Lipinski definition) is 2. The second kappa shape index (κ2) is 4.72. The Labute approximate surface area is 70.9 Å². The monoisotopic (exact) mass is 169 g/mol. The van der Waals surface area contributed by atoms with E-state index in [1.807, 2.05) is 0 Å². The van der Waals surface area contributed by atoms with Gasteiger partial charge in [-0.3, -0.25) is 0 Å². The van der Waals surface area contributed by atoms with E-state index in [-0.39, 0.29) is 6.61 Å². The molecule has 1 rings (SSSR count). The second-order valence-corrected chi connectivity index (χ2v) is 2.19. The van der Waals surface area contributed by atoms with Crippen LogP contribution in [-0.2, 0) is 4.74 Å². The molecule has 1 aromatic carbocycles. The van der Waals surface area contributed by atoms with Gasteiger partial charge >= 0.3 is 0 Å². The molecule has 0 fully saturated rings. The number of ether oxygens (including phenoxy) is 2. The van der Waals surface area contributed by atoms with Gasteiger partial charge in [0.1, 0.15) is 12.4 Å². The summed E-state index contributed by atoms with van der Waals surface area (Å²) in [6, 6.07) is 9.66. The smallest absolute Gasteiger partial charge is 0.233 e. The molecule has 0 spiro atoms. The van der Waals surface area contributed by atoms with E-state index >= 15 is 0 Å². The van der Waals surface area contributed by atoms with Crippen molar-refractivity contribution in [2.24, 2.45) is 0 Å². The summed E-state index contributed by atoms with van der Waals surface area (Å²) in [5.41, 5.74) is 0. The molecule has 1 atom stereocenters. The predicted octanol–water partition coefficient (Wildman–Crippen LogP) is 1.81. The van der Waals surface area contributed by atoms with Crippen molar-refractivity contribution in [3.63, 3.8) is 0 Å². The quantitative estimate of drug-likeness (QED) is 0.684. The Bertz CT molecular complexity index is 213. The number of halogens is 1. The molecule has 0 aliphatic heterocycles. The van der Waals surface area contributed by atoms with Crippen molar-refractivity contribution in [1.29, 1.82) is 0 Å². The normalized spacial score (nSPS) is 12.5. The molecule has 0 heterocycles. The zero-order chi connectivity index (χ0) is 8.81. The fourth-order valence-electron chi connectivity index (χ4n) is 0.698. The Morgan fingerprint density at radius 3 is 2.75 bits per heavy atom. The highest BCUT2D eigenvalue weighted by Gasteiger charge is 2.03. The summed E-state index contributed by atoms with van der Waals surface area (Å²) >= 11 is 0. The predicted molar refractivity (Wildman–Crippen MR) is 42.7 cm³/mol. The van der Waals surface area contributed by atoms with Gasteiger partial charge in [0.05, 0.1) is 0 Å². The molecule has 12 heavy (non-hydrogen) atoms. The van der Waals surface area contributed by atoms with Gasteiger partial charge in [-0.2, -0.15) is 0 Å². The molecule has 0 aliphatic rings. The van der Waals surface area contributed by atoms with E-state index in [1.165, 1.54) is 7.11 Å². The molecule has 1 aromatic rings. The fraction of sp³-hybridized carbons (Fsp3) is 0.333. The first-order chi connectivity index (χ1) is 5.83. The molecular formula is C9H10FO2. The van der Waals surface area contributed by atoms with E-state index in [9.17, 15) is 4.39 Å². The Hall–Kier alpha value is -1.09. The van der Waals surface area contributed by atoms with Crippen LogP contribution in [0.2, 0.25) is 0 Å². The Kier molecular flexibility index (Phi) is 3.54. The fourth-order valence-corrected chi connectivity index (χ4v) is 0.698. The lowest BCUT2D eigenvalue weighted by molar-refractivity contribution is -0.0357. The first-order valence-electron chi connectivity index (χ1n) is 3.58. The molecule has 1 unspecified atom stereocenters. The van der Waals surface area contributed by atoms with Gasteiger partial charge in [-0.1, -0.05) is 12.1 Å². The third kappa shape index (κ3) is 2.88. The van der Waals surface area contributed by atoms with Crippen LogP contribution in [0.1, 0.15) is 0 Å². The van der Waals surface area contributed by atoms with Gasteiger partial charge < -0.3 is 9.47 Å². The van der Waals surface area contributed by atoms with Crippen LogP contribution in [0.5, 0.6) is 5.75 Å². The van der Waals surface area contributed by atoms with Gasteiger partial charge in [-0.15, -0.1) is 0 Å². The van der Waals surface area contributed by atoms with Crippen molar-refractivity contribution in [3.8, 4) is 5.75 Å². The molecule has 1 radical (unpaired) electrons. The minimum atomic E-state index is -1.37. The SMILES string of the molecule is COC(F)COc1cc[c]cc1. The summed E-state index contributed by atoms with van der Waals surface area (Å²) in [6.07, 6.45) is -1.37. The summed E-state index contributed by atoms with van der Waals surface area (Å²) in [5, 5.41) is 0. The van der Waals surface area contributed by atoms with Gasteiger partial charge in [0.2, 0.25) is 6.36 Å². The van der Waals surface area contributed by atoms with Crippen LogP contribution in [0.25, 0.3) is 0 Å². The largest absolute Gasteiger partial charge is 0.488 e. The highest BCUT2D eigenvalue weighted by atomic mass is 19.1. The maximum Gasteiger partial charge on any atom is 0.233 e. The summed E-state index contributed by atoms with van der Waals surface area (Å²) in [6.45, 7) is -0.0828. The molecule has 0 saturated heterocycles. The zero-order valence-corrected chi connectivity index (χ0v) is 6.79. The highest BCUT2D eigenvalue weighted by Crippen LogP contribution is 2.08. The average molecular weight is 169 g/mol. The Balaban J connectivity index is 2.33. The van der Waals surface area contributed by atoms with Crippen LogP contribution >= 0.6 is 0 Å². The molecule has 0 amide bonds. The van der Waals surface area contributed by atoms with Crippen molar-refractivity contribution in [1.82, 2.24) is 0 Å². The molecule has 0 N–H and O–H groups in total. The van der Waals surface area contributed by atoms with Crippen molar-refractivity contribution in [2.75, 3.05) is 13.7 Å². The molecule has 2 nitrogen and oxygen atoms in total. The lowest BCUT2D eigenvalue weighted by Crippen LogP contribution is -2.14. The van der Waals surface area contributed by atoms with E-state index < -0.39 is 6.36 Å². The molecule has 3 heteroatoms. The van der Waals surface area contributed by atoms with Crippen molar-refractivity contribution in [2.45, 2.75) is 6.36 Å². The van der Waals surface area contributed by atoms with E-state index in [0.717, 1.165) is 0 Å². The van der Waals surface area contributed by atoms with Crippen LogP contribution < -0.4 is 4.74 Å². The number of benzene rings is 1. The van der Waals surface area contributed by atoms with Crippen molar-refractivity contribution in [3.05, 3.63) is 30.3 Å². The summed E-state index contributed by atoms with van der Waals surface area (Å²) in [5.74, 6) is 0.619. The third-order valence-corrected chi connectivity index (χ3v) is 1.32. The van der Waals surface area contributed by atoms with Gasteiger partial charge in [-0.25, -0.2) is 4.39 Å². The van der Waals surface area contributed by atoms with E-state index in [0.29, 0.717) is 5.75 Å². The van der Waals surface area contributed by atoms with Crippen LogP contribution in [0.15, 0.2) is 24.3 Å². The first kappa shape index (κ1) is 9.00. The molecule has 0 saturated carbocycles. The molecular weight excluding hydrogens is 159 g/mol. The topological polar surface area (TPSA) is 18.5 Å². The second-order valence-electron chi connectivity index (χ2n) is 2.19. The number of hydrogen-bond donors (Lipinski definition) is 0. The van der Waals surface area contributed by atoms with E-state index in [1.54, 1.807) is 24.3 Å². The van der Waals surface area contributed by atoms with Crippen molar-refractivity contribution >= 4 is 0 Å². The maximum atomic E-state index is 12.5. The van der Waals surface area contributed by atoms with Crippen LogP contribution in [0.4, 0.5) is 4.39 Å². The van der Waals surface area contributed by atoms with Crippen LogP contribution in [0, 0.1) is 6.07 Å². The minimum Gasteiger partial charge on any atom is -0.488 e. The van der Waals surface area contributed by atoms with E-state index in [4.69, 9.17) is 4.74 Å². The summed E-state index contributed by atoms with van der Waals surface area (Å²) < 4.78 is 21.9. The number of alkyl halides is 1. The zero-order valence-electron chi connectivity index (χ0n) is 6.79. The standard InChI is InChI=1S/C9H10FO2/c1-11-9(10)7-12-8-5-3-2-4-6-8/h3-6,9H,7H2,1H3. The number of methoxy groups -OCH3 is 1. The third-order valence-electron chi connectivity index (χ3n) is 1.32. The molecule has 0 aliphatic carbocycles. The maximum absolute atomic E-state index is 12.5. The van der Waals surface area contributed by atoms with Gasteiger partial charge in [0.15, 0.2) is 0 Å². The summed E-state index contributed by atoms with van der Waals surface area (Å²) in [4.78, 5) is 0. The molecule has 65 valence electrons.